The van der Waals surface area contributed by atoms with E-state index in [0.29, 0.717) is 18.1 Å². The van der Waals surface area contributed by atoms with Crippen molar-refractivity contribution in [1.29, 1.82) is 0 Å². The Morgan fingerprint density at radius 2 is 2.25 bits per heavy atom. The van der Waals surface area contributed by atoms with Gasteiger partial charge in [0.15, 0.2) is 11.5 Å². The molecule has 0 radical (unpaired) electrons. The quantitative estimate of drug-likeness (QED) is 0.724. The van der Waals surface area contributed by atoms with Crippen LogP contribution >= 0.6 is 0 Å². The normalized spacial score (nSPS) is 23.2. The molecule has 132 valence electrons. The molecular formula is C16H21NO6S. The predicted octanol–water partition coefficient (Wildman–Crippen LogP) is 1.83. The van der Waals surface area contributed by atoms with Crippen LogP contribution in [0.1, 0.15) is 44.1 Å². The highest BCUT2D eigenvalue weighted by Gasteiger charge is 2.40. The van der Waals surface area contributed by atoms with Crippen molar-refractivity contribution >= 4 is 16.0 Å². The topological polar surface area (TPSA) is 102 Å². The number of carboxylic acid groups (broad SMARTS) is 1. The fourth-order valence-corrected chi connectivity index (χ4v) is 4.49. The fourth-order valence-electron chi connectivity index (χ4n) is 3.36. The fraction of sp³-hybridized carbons (Fsp3) is 0.562. The highest BCUT2D eigenvalue weighted by Crippen LogP contribution is 2.50. The van der Waals surface area contributed by atoms with Crippen LogP contribution in [0.5, 0.6) is 11.5 Å². The molecule has 1 aromatic rings. The molecule has 7 nitrogen and oxygen atoms in total. The third-order valence-corrected chi connectivity index (χ3v) is 5.88. The highest BCUT2D eigenvalue weighted by atomic mass is 32.2. The van der Waals surface area contributed by atoms with E-state index in [1.807, 2.05) is 6.07 Å². The highest BCUT2D eigenvalue weighted by molar-refractivity contribution is 7.89. The molecule has 1 saturated carbocycles. The van der Waals surface area contributed by atoms with Gasteiger partial charge in [0.2, 0.25) is 10.0 Å². The van der Waals surface area contributed by atoms with E-state index in [2.05, 4.69) is 4.72 Å². The molecule has 3 rings (SSSR count). The van der Waals surface area contributed by atoms with Gasteiger partial charge < -0.3 is 14.6 Å². The molecule has 2 N–H and O–H groups in total. The molecule has 0 spiro atoms. The van der Waals surface area contributed by atoms with Gasteiger partial charge in [-0.2, -0.15) is 4.72 Å². The minimum atomic E-state index is -3.72. The zero-order chi connectivity index (χ0) is 17.3. The number of aliphatic carboxylic acids is 1. The van der Waals surface area contributed by atoms with E-state index in [9.17, 15) is 18.3 Å². The summed E-state index contributed by atoms with van der Waals surface area (Å²) in [5.74, 6) is -0.455. The summed E-state index contributed by atoms with van der Waals surface area (Å²) in [6.07, 6.45) is 1.90. The molecule has 1 aromatic carbocycles. The first-order valence-electron chi connectivity index (χ1n) is 8.10. The number of carbonyl (C=O) groups is 1. The van der Waals surface area contributed by atoms with Crippen LogP contribution in [0.4, 0.5) is 0 Å². The number of rotatable bonds is 7. The average Bonchev–Trinajstić information content (AvgIpc) is 3.07. The lowest BCUT2D eigenvalue weighted by Gasteiger charge is -2.18. The van der Waals surface area contributed by atoms with Gasteiger partial charge in [-0.05, 0) is 31.7 Å². The van der Waals surface area contributed by atoms with Crippen molar-refractivity contribution in [2.75, 3.05) is 5.75 Å². The number of carboxylic acids is 1. The Morgan fingerprint density at radius 3 is 2.96 bits per heavy atom. The van der Waals surface area contributed by atoms with E-state index >= 15 is 0 Å². The number of fused-ring (bicyclic) bond motifs is 3. The van der Waals surface area contributed by atoms with Crippen LogP contribution in [-0.2, 0) is 14.8 Å². The maximum atomic E-state index is 11.8. The number of sulfonamides is 1. The molecule has 8 heteroatoms. The monoisotopic (exact) mass is 355 g/mol. The van der Waals surface area contributed by atoms with Crippen LogP contribution in [0.3, 0.4) is 0 Å². The largest absolute Gasteiger partial charge is 0.486 e. The van der Waals surface area contributed by atoms with E-state index in [0.717, 1.165) is 24.8 Å². The first-order chi connectivity index (χ1) is 11.4. The zero-order valence-corrected chi connectivity index (χ0v) is 14.2. The Labute approximate surface area is 141 Å². The van der Waals surface area contributed by atoms with Crippen molar-refractivity contribution in [2.24, 2.45) is 0 Å². The molecular weight excluding hydrogens is 334 g/mol. The first kappa shape index (κ1) is 17.0. The smallest absolute Gasteiger partial charge is 0.361 e. The van der Waals surface area contributed by atoms with Crippen LogP contribution in [0.15, 0.2) is 18.2 Å². The second kappa shape index (κ2) is 6.60. The first-order valence-corrected chi connectivity index (χ1v) is 9.75. The molecule has 3 atom stereocenters. The van der Waals surface area contributed by atoms with E-state index in [1.54, 1.807) is 19.1 Å². The van der Waals surface area contributed by atoms with E-state index in [1.165, 1.54) is 0 Å². The van der Waals surface area contributed by atoms with Crippen molar-refractivity contribution in [2.45, 2.75) is 50.9 Å². The Hall–Kier alpha value is -1.80. The summed E-state index contributed by atoms with van der Waals surface area (Å²) in [7, 11) is -3.72. The summed E-state index contributed by atoms with van der Waals surface area (Å²) in [6.45, 7) is 1.70. The Morgan fingerprint density at radius 1 is 1.46 bits per heavy atom. The summed E-state index contributed by atoms with van der Waals surface area (Å²) in [6, 6.07) is 5.33. The van der Waals surface area contributed by atoms with Crippen molar-refractivity contribution in [1.82, 2.24) is 4.72 Å². The number of para-hydroxylation sites is 1. The van der Waals surface area contributed by atoms with Gasteiger partial charge in [0.05, 0.1) is 5.75 Å². The second-order valence-corrected chi connectivity index (χ2v) is 8.01. The summed E-state index contributed by atoms with van der Waals surface area (Å²) in [5.41, 5.74) is 1.01. The van der Waals surface area contributed by atoms with Crippen molar-refractivity contribution in [3.63, 3.8) is 0 Å². The lowest BCUT2D eigenvalue weighted by atomic mass is 9.97. The molecule has 0 aromatic heterocycles. The van der Waals surface area contributed by atoms with Gasteiger partial charge in [-0.1, -0.05) is 19.1 Å². The predicted molar refractivity (Wildman–Crippen MR) is 86.7 cm³/mol. The molecule has 0 saturated heterocycles. The Bertz CT molecular complexity index is 732. The third kappa shape index (κ3) is 3.34. The number of hydrogen-bond acceptors (Lipinski definition) is 5. The van der Waals surface area contributed by atoms with Crippen molar-refractivity contribution in [3.8, 4) is 11.5 Å². The second-order valence-electron chi connectivity index (χ2n) is 6.14. The summed E-state index contributed by atoms with van der Waals surface area (Å²) < 4.78 is 37.1. The van der Waals surface area contributed by atoms with Gasteiger partial charge >= 0.3 is 5.97 Å². The van der Waals surface area contributed by atoms with Gasteiger partial charge in [0, 0.05) is 11.5 Å². The molecule has 1 fully saturated rings. The summed E-state index contributed by atoms with van der Waals surface area (Å²) >= 11 is 0. The molecule has 2 aliphatic rings. The molecule has 1 aliphatic carbocycles. The Balaban J connectivity index is 1.82. The van der Waals surface area contributed by atoms with Crippen molar-refractivity contribution < 1.29 is 27.8 Å². The molecule has 1 heterocycles. The summed E-state index contributed by atoms with van der Waals surface area (Å²) in [4.78, 5) is 11.4. The minimum absolute atomic E-state index is 0.102. The SMILES string of the molecule is CCCS(=O)(=O)NC(Oc1cccc2c1OC1CCCC21)C(=O)O. The van der Waals surface area contributed by atoms with E-state index in [-0.39, 0.29) is 17.6 Å². The molecule has 0 amide bonds. The van der Waals surface area contributed by atoms with Gasteiger partial charge in [-0.25, -0.2) is 13.2 Å². The Kier molecular flexibility index (Phi) is 4.69. The number of ether oxygens (including phenoxy) is 2. The molecule has 0 bridgehead atoms. The van der Waals surface area contributed by atoms with Crippen molar-refractivity contribution in [3.05, 3.63) is 23.8 Å². The van der Waals surface area contributed by atoms with E-state index in [4.69, 9.17) is 9.47 Å². The molecule has 24 heavy (non-hydrogen) atoms. The van der Waals surface area contributed by atoms with Crippen LogP contribution in [0.25, 0.3) is 0 Å². The zero-order valence-electron chi connectivity index (χ0n) is 13.4. The number of benzene rings is 1. The number of hydrogen-bond donors (Lipinski definition) is 2. The summed E-state index contributed by atoms with van der Waals surface area (Å²) in [5, 5.41) is 9.28. The maximum absolute atomic E-state index is 11.8. The van der Waals surface area contributed by atoms with Crippen LogP contribution < -0.4 is 14.2 Å². The maximum Gasteiger partial charge on any atom is 0.361 e. The third-order valence-electron chi connectivity index (χ3n) is 4.36. The molecule has 1 aliphatic heterocycles. The van der Waals surface area contributed by atoms with E-state index < -0.39 is 22.2 Å². The molecule has 3 unspecified atom stereocenters. The van der Waals surface area contributed by atoms with Crippen LogP contribution in [0.2, 0.25) is 0 Å². The van der Waals surface area contributed by atoms with Crippen LogP contribution in [-0.4, -0.2) is 37.6 Å². The lowest BCUT2D eigenvalue weighted by molar-refractivity contribution is -0.145. The standard InChI is InChI=1S/C16H21NO6S/c1-2-9-24(20,21)17-15(16(18)19)23-13-8-4-6-11-10-5-3-7-12(10)22-14(11)13/h4,6,8,10,12,15,17H,2-3,5,7,9H2,1H3,(H,18,19). The number of nitrogens with one attached hydrogen (secondary N) is 1. The van der Waals surface area contributed by atoms with Gasteiger partial charge in [-0.15, -0.1) is 0 Å². The van der Waals surface area contributed by atoms with Crippen LogP contribution in [0, 0.1) is 0 Å². The van der Waals surface area contributed by atoms with Gasteiger partial charge in [0.25, 0.3) is 6.23 Å². The average molecular weight is 355 g/mol. The minimum Gasteiger partial charge on any atom is -0.486 e. The van der Waals surface area contributed by atoms with Gasteiger partial charge in [-0.3, -0.25) is 0 Å². The lowest BCUT2D eigenvalue weighted by Crippen LogP contribution is -2.45. The van der Waals surface area contributed by atoms with Gasteiger partial charge in [0.1, 0.15) is 6.10 Å².